The number of alkyl halides is 1. The number of aromatic nitrogens is 1. The Hall–Kier alpha value is -3.14. The molecule has 0 saturated carbocycles. The Kier molecular flexibility index (Phi) is 9.31. The number of carboxylic acid groups (broad SMARTS) is 1. The van der Waals surface area contributed by atoms with E-state index in [0.29, 0.717) is 45.7 Å². The zero-order chi connectivity index (χ0) is 29.9. The highest BCUT2D eigenvalue weighted by Gasteiger charge is 2.39. The second-order valence-electron chi connectivity index (χ2n) is 10.5. The van der Waals surface area contributed by atoms with E-state index in [-0.39, 0.29) is 46.6 Å². The van der Waals surface area contributed by atoms with Crippen molar-refractivity contribution in [3.63, 3.8) is 0 Å². The predicted molar refractivity (Wildman–Crippen MR) is 143 cm³/mol. The Labute approximate surface area is 239 Å². The molecule has 0 aliphatic carbocycles. The molecule has 1 aromatic heterocycles. The number of aliphatic carboxylic acids is 1. The molecule has 2 unspecified atom stereocenters. The first-order valence-electron chi connectivity index (χ1n) is 13.0. The van der Waals surface area contributed by atoms with Crippen molar-refractivity contribution in [2.75, 3.05) is 45.1 Å². The van der Waals surface area contributed by atoms with Crippen LogP contribution < -0.4 is 15.8 Å². The van der Waals surface area contributed by atoms with Crippen LogP contribution in [0.5, 0.6) is 5.88 Å². The molecule has 0 bridgehead atoms. The van der Waals surface area contributed by atoms with Gasteiger partial charge in [-0.3, -0.25) is 4.79 Å². The molecule has 0 spiro atoms. The van der Waals surface area contributed by atoms with Crippen LogP contribution in [-0.2, 0) is 14.3 Å². The number of amides is 1. The number of rotatable bonds is 9. The van der Waals surface area contributed by atoms with Crippen LogP contribution in [0.3, 0.4) is 0 Å². The predicted octanol–water partition coefficient (Wildman–Crippen LogP) is 0.258. The number of piperidine rings is 1. The standard InChI is InChI=1S/C26H32ClFN4O9/c27-16-11-15(19-14(18(16)29)1-2-17(31-19)41-24(38)21(34)20(33)23(36)37)22(35)30-12-25(28)3-7-32(8-4-25)13-26(39)5-9-40-10-6-26/h1-2,11,20-21,33-34,39H,3-10,12-13,29H2,(H,30,35)(H,36,37). The number of esters is 1. The van der Waals surface area contributed by atoms with Gasteiger partial charge in [0.1, 0.15) is 5.67 Å². The lowest BCUT2D eigenvalue weighted by Crippen LogP contribution is -2.53. The van der Waals surface area contributed by atoms with Crippen molar-refractivity contribution in [3.05, 3.63) is 28.8 Å². The average molecular weight is 599 g/mol. The van der Waals surface area contributed by atoms with Crippen LogP contribution in [0.1, 0.15) is 36.0 Å². The number of benzene rings is 1. The normalized spacial score (nSPS) is 20.2. The molecule has 1 aromatic carbocycles. The van der Waals surface area contributed by atoms with Gasteiger partial charge in [-0.1, -0.05) is 11.6 Å². The largest absolute Gasteiger partial charge is 0.479 e. The molecule has 2 fully saturated rings. The molecule has 41 heavy (non-hydrogen) atoms. The van der Waals surface area contributed by atoms with Gasteiger partial charge in [0, 0.05) is 57.1 Å². The summed E-state index contributed by atoms with van der Waals surface area (Å²) in [5, 5.41) is 41.4. The lowest BCUT2D eigenvalue weighted by Gasteiger charge is -2.41. The van der Waals surface area contributed by atoms with Crippen molar-refractivity contribution < 1.29 is 48.7 Å². The molecule has 3 heterocycles. The van der Waals surface area contributed by atoms with Gasteiger partial charge in [0.2, 0.25) is 5.88 Å². The van der Waals surface area contributed by atoms with E-state index in [9.17, 15) is 29.7 Å². The molecular formula is C26H32ClFN4O9. The average Bonchev–Trinajstić information content (AvgIpc) is 2.94. The number of β-amino-alcohol motifs (C(OH)–C–C–N with tert-alkyl or cyclic N) is 1. The van der Waals surface area contributed by atoms with E-state index in [2.05, 4.69) is 10.3 Å². The van der Waals surface area contributed by atoms with Crippen LogP contribution >= 0.6 is 11.6 Å². The summed E-state index contributed by atoms with van der Waals surface area (Å²) >= 11 is 6.21. The summed E-state index contributed by atoms with van der Waals surface area (Å²) in [5.74, 6) is -4.47. The van der Waals surface area contributed by atoms with Gasteiger partial charge in [-0.2, -0.15) is 0 Å². The second kappa shape index (κ2) is 12.4. The number of fused-ring (bicyclic) bond motifs is 1. The van der Waals surface area contributed by atoms with E-state index in [4.69, 9.17) is 31.9 Å². The van der Waals surface area contributed by atoms with Crippen molar-refractivity contribution in [2.24, 2.45) is 0 Å². The maximum atomic E-state index is 15.6. The second-order valence-corrected chi connectivity index (χ2v) is 10.9. The smallest absolute Gasteiger partial charge is 0.345 e. The summed E-state index contributed by atoms with van der Waals surface area (Å²) in [6.07, 6.45) is -3.48. The first kappa shape index (κ1) is 30.8. The molecule has 0 radical (unpaired) electrons. The number of aliphatic hydroxyl groups is 3. The summed E-state index contributed by atoms with van der Waals surface area (Å²) in [4.78, 5) is 42.2. The highest BCUT2D eigenvalue weighted by atomic mass is 35.5. The van der Waals surface area contributed by atoms with Crippen LogP contribution in [0.2, 0.25) is 5.02 Å². The number of likely N-dealkylation sites (tertiary alicyclic amines) is 1. The van der Waals surface area contributed by atoms with Gasteiger partial charge in [0.25, 0.3) is 5.91 Å². The number of hydrogen-bond donors (Lipinski definition) is 6. The maximum Gasteiger partial charge on any atom is 0.345 e. The number of ether oxygens (including phenoxy) is 2. The summed E-state index contributed by atoms with van der Waals surface area (Å²) in [6, 6.07) is 3.76. The molecule has 2 saturated heterocycles. The van der Waals surface area contributed by atoms with Gasteiger partial charge < -0.3 is 45.9 Å². The summed E-state index contributed by atoms with van der Waals surface area (Å²) in [6.45, 7) is 1.92. The summed E-state index contributed by atoms with van der Waals surface area (Å²) in [5.41, 5.74) is 3.42. The molecule has 224 valence electrons. The molecule has 15 heteroatoms. The number of nitrogens with zero attached hydrogens (tertiary/aromatic N) is 2. The highest BCUT2D eigenvalue weighted by Crippen LogP contribution is 2.33. The number of carboxylic acids is 1. The minimum Gasteiger partial charge on any atom is -0.479 e. The van der Waals surface area contributed by atoms with E-state index < -0.39 is 47.2 Å². The number of carbonyl (C=O) groups excluding carboxylic acids is 2. The van der Waals surface area contributed by atoms with Crippen molar-refractivity contribution >= 4 is 46.0 Å². The SMILES string of the molecule is Nc1c(Cl)cc(C(=O)NCC2(F)CCN(CC3(O)CCOCC3)CC2)c2nc(OC(=O)C(O)C(O)C(=O)O)ccc12. The van der Waals surface area contributed by atoms with Gasteiger partial charge in [0.05, 0.1) is 33.9 Å². The van der Waals surface area contributed by atoms with Gasteiger partial charge in [-0.25, -0.2) is 19.0 Å². The first-order valence-corrected chi connectivity index (χ1v) is 13.4. The van der Waals surface area contributed by atoms with Gasteiger partial charge in [0.15, 0.2) is 12.2 Å². The third-order valence-corrected chi connectivity index (χ3v) is 7.76. The molecule has 2 aromatic rings. The zero-order valence-corrected chi connectivity index (χ0v) is 22.8. The number of halogens is 2. The topological polar surface area (TPSA) is 205 Å². The van der Waals surface area contributed by atoms with Crippen LogP contribution in [0.4, 0.5) is 10.1 Å². The Bertz CT molecular complexity index is 1320. The molecular weight excluding hydrogens is 567 g/mol. The quantitative estimate of drug-likeness (QED) is 0.170. The third-order valence-electron chi connectivity index (χ3n) is 7.45. The van der Waals surface area contributed by atoms with Crippen molar-refractivity contribution in [3.8, 4) is 5.88 Å². The van der Waals surface area contributed by atoms with Crippen LogP contribution in [0.15, 0.2) is 18.2 Å². The first-order chi connectivity index (χ1) is 19.3. The fourth-order valence-corrected chi connectivity index (χ4v) is 5.08. The fourth-order valence-electron chi connectivity index (χ4n) is 4.87. The molecule has 2 aliphatic rings. The van der Waals surface area contributed by atoms with Gasteiger partial charge in [-0.15, -0.1) is 0 Å². The van der Waals surface area contributed by atoms with Gasteiger partial charge >= 0.3 is 11.9 Å². The zero-order valence-electron chi connectivity index (χ0n) is 22.0. The molecule has 13 nitrogen and oxygen atoms in total. The van der Waals surface area contributed by atoms with Crippen LogP contribution in [0, 0.1) is 0 Å². The molecule has 2 atom stereocenters. The number of nitrogens with two attached hydrogens (primary N) is 1. The number of hydrogen-bond acceptors (Lipinski definition) is 11. The monoisotopic (exact) mass is 598 g/mol. The number of anilines is 1. The molecule has 7 N–H and O–H groups in total. The minimum absolute atomic E-state index is 0.0310. The number of aliphatic hydroxyl groups excluding tert-OH is 2. The van der Waals surface area contributed by atoms with E-state index in [0.717, 1.165) is 0 Å². The van der Waals surface area contributed by atoms with Gasteiger partial charge in [-0.05, 0) is 25.0 Å². The highest BCUT2D eigenvalue weighted by molar-refractivity contribution is 6.35. The van der Waals surface area contributed by atoms with E-state index in [1.165, 1.54) is 18.2 Å². The van der Waals surface area contributed by atoms with Crippen LogP contribution in [0.25, 0.3) is 10.9 Å². The summed E-state index contributed by atoms with van der Waals surface area (Å²) in [7, 11) is 0. The van der Waals surface area contributed by atoms with Crippen molar-refractivity contribution in [1.29, 1.82) is 0 Å². The number of carbonyl (C=O) groups is 3. The summed E-state index contributed by atoms with van der Waals surface area (Å²) < 4.78 is 25.8. The lowest BCUT2D eigenvalue weighted by atomic mass is 9.89. The molecule has 2 aliphatic heterocycles. The number of pyridine rings is 1. The Morgan fingerprint density at radius 2 is 1.83 bits per heavy atom. The lowest BCUT2D eigenvalue weighted by molar-refractivity contribution is -0.164. The van der Waals surface area contributed by atoms with Crippen LogP contribution in [-0.4, -0.2) is 111 Å². The molecule has 4 rings (SSSR count). The van der Waals surface area contributed by atoms with Crippen molar-refractivity contribution in [1.82, 2.24) is 15.2 Å². The molecule has 1 amide bonds. The Balaban J connectivity index is 1.44. The van der Waals surface area contributed by atoms with E-state index in [1.54, 1.807) is 0 Å². The van der Waals surface area contributed by atoms with E-state index in [1.807, 2.05) is 4.90 Å². The Morgan fingerprint density at radius 3 is 2.46 bits per heavy atom. The van der Waals surface area contributed by atoms with Crippen molar-refractivity contribution in [2.45, 2.75) is 49.2 Å². The maximum absolute atomic E-state index is 15.6. The minimum atomic E-state index is -2.43. The third kappa shape index (κ3) is 7.20. The number of nitrogen functional groups attached to an aromatic ring is 1. The fraction of sp³-hybridized carbons (Fsp3) is 0.538. The number of nitrogens with one attached hydrogen (secondary N) is 1. The van der Waals surface area contributed by atoms with E-state index >= 15 is 4.39 Å². The Morgan fingerprint density at radius 1 is 1.17 bits per heavy atom.